The molecule has 0 saturated carbocycles. The zero-order chi connectivity index (χ0) is 13.8. The van der Waals surface area contributed by atoms with E-state index in [9.17, 15) is 9.90 Å². The summed E-state index contributed by atoms with van der Waals surface area (Å²) >= 11 is 9.45. The fraction of sp³-hybridized carbons (Fsp3) is 0.143. The van der Waals surface area contributed by atoms with Gasteiger partial charge < -0.3 is 5.11 Å². The number of nitrogens with zero attached hydrogens (tertiary/aromatic N) is 1. The van der Waals surface area contributed by atoms with Crippen LogP contribution in [-0.4, -0.2) is 16.1 Å². The topological polar surface area (TPSA) is 50.2 Å². The quantitative estimate of drug-likeness (QED) is 0.918. The van der Waals surface area contributed by atoms with E-state index in [-0.39, 0.29) is 0 Å². The minimum absolute atomic E-state index is 0.341. The third-order valence-electron chi connectivity index (χ3n) is 2.80. The maximum absolute atomic E-state index is 11.5. The van der Waals surface area contributed by atoms with Gasteiger partial charge in [0.2, 0.25) is 0 Å². The van der Waals surface area contributed by atoms with Gasteiger partial charge in [-0.2, -0.15) is 0 Å². The molecule has 0 fully saturated rings. The second-order valence-corrected chi connectivity index (χ2v) is 5.32. The highest BCUT2D eigenvalue weighted by atomic mass is 79.9. The van der Waals surface area contributed by atoms with Gasteiger partial charge in [-0.3, -0.25) is 9.78 Å². The number of aromatic nitrogens is 1. The molecule has 0 bridgehead atoms. The molecule has 1 N–H and O–H groups in total. The summed E-state index contributed by atoms with van der Waals surface area (Å²) in [7, 11) is 0. The number of benzene rings is 1. The minimum Gasteiger partial charge on any atom is -0.481 e. The van der Waals surface area contributed by atoms with E-state index in [4.69, 9.17) is 11.6 Å². The highest BCUT2D eigenvalue weighted by molar-refractivity contribution is 9.10. The fourth-order valence-electron chi connectivity index (χ4n) is 1.84. The van der Waals surface area contributed by atoms with Crippen LogP contribution in [0.3, 0.4) is 0 Å². The fourth-order valence-corrected chi connectivity index (χ4v) is 2.54. The number of aliphatic carboxylic acids is 1. The Hall–Kier alpha value is -1.39. The molecule has 98 valence electrons. The number of hydrogen-bond donors (Lipinski definition) is 1. The van der Waals surface area contributed by atoms with Gasteiger partial charge in [0.25, 0.3) is 0 Å². The van der Waals surface area contributed by atoms with Crippen molar-refractivity contribution in [3.8, 4) is 0 Å². The Morgan fingerprint density at radius 2 is 2.05 bits per heavy atom. The zero-order valence-corrected chi connectivity index (χ0v) is 12.2. The van der Waals surface area contributed by atoms with E-state index in [0.29, 0.717) is 17.1 Å². The molecule has 0 spiro atoms. The van der Waals surface area contributed by atoms with Gasteiger partial charge in [0.15, 0.2) is 0 Å². The molecule has 1 aromatic heterocycles. The first kappa shape index (κ1) is 14.0. The number of halogens is 2. The van der Waals surface area contributed by atoms with Crippen LogP contribution < -0.4 is 0 Å². The maximum atomic E-state index is 11.5. The Kier molecular flexibility index (Phi) is 4.56. The molecular formula is C14H11BrClNO2. The van der Waals surface area contributed by atoms with E-state index < -0.39 is 11.9 Å². The Morgan fingerprint density at radius 3 is 2.68 bits per heavy atom. The average Bonchev–Trinajstić information content (AvgIpc) is 2.38. The van der Waals surface area contributed by atoms with Crippen molar-refractivity contribution in [1.29, 1.82) is 0 Å². The first-order chi connectivity index (χ1) is 9.09. The number of rotatable bonds is 4. The Labute approximate surface area is 124 Å². The summed E-state index contributed by atoms with van der Waals surface area (Å²) in [4.78, 5) is 15.6. The van der Waals surface area contributed by atoms with Crippen LogP contribution in [0.2, 0.25) is 5.02 Å². The summed E-state index contributed by atoms with van der Waals surface area (Å²) in [5, 5.41) is 9.77. The average molecular weight is 341 g/mol. The van der Waals surface area contributed by atoms with Crippen molar-refractivity contribution in [3.63, 3.8) is 0 Å². The van der Waals surface area contributed by atoms with Crippen molar-refractivity contribution in [2.45, 2.75) is 12.3 Å². The van der Waals surface area contributed by atoms with Crippen LogP contribution in [0.5, 0.6) is 0 Å². The number of carboxylic acid groups (broad SMARTS) is 1. The molecule has 2 aromatic rings. The molecule has 0 aliphatic heterocycles. The van der Waals surface area contributed by atoms with Crippen LogP contribution in [0.1, 0.15) is 17.2 Å². The standard InChI is InChI=1S/C14H11BrClNO2/c15-11-5-2-1-4-9(11)8-10(14(18)19)13-12(16)6-3-7-17-13/h1-7,10H,8H2,(H,18,19). The van der Waals surface area contributed by atoms with E-state index in [0.717, 1.165) is 10.0 Å². The largest absolute Gasteiger partial charge is 0.481 e. The molecule has 1 unspecified atom stereocenters. The summed E-state index contributed by atoms with van der Waals surface area (Å²) in [5.41, 5.74) is 1.31. The first-order valence-corrected chi connectivity index (χ1v) is 6.83. The summed E-state index contributed by atoms with van der Waals surface area (Å²) in [5.74, 6) is -1.69. The zero-order valence-electron chi connectivity index (χ0n) is 9.88. The summed E-state index contributed by atoms with van der Waals surface area (Å²) in [6.45, 7) is 0. The van der Waals surface area contributed by atoms with Crippen LogP contribution in [0.25, 0.3) is 0 Å². The van der Waals surface area contributed by atoms with Gasteiger partial charge in [-0.15, -0.1) is 0 Å². The number of carbonyl (C=O) groups is 1. The molecule has 3 nitrogen and oxygen atoms in total. The van der Waals surface area contributed by atoms with Crippen molar-refractivity contribution in [3.05, 3.63) is 63.3 Å². The van der Waals surface area contributed by atoms with Crippen molar-refractivity contribution < 1.29 is 9.90 Å². The predicted molar refractivity (Wildman–Crippen MR) is 77.5 cm³/mol. The highest BCUT2D eigenvalue weighted by Gasteiger charge is 2.24. The SMILES string of the molecule is O=C(O)C(Cc1ccccc1Br)c1ncccc1Cl. The van der Waals surface area contributed by atoms with Crippen molar-refractivity contribution in [2.75, 3.05) is 0 Å². The molecule has 0 aliphatic rings. The summed E-state index contributed by atoms with van der Waals surface area (Å²) in [6, 6.07) is 10.9. The van der Waals surface area contributed by atoms with Gasteiger partial charge in [-0.1, -0.05) is 45.7 Å². The number of hydrogen-bond acceptors (Lipinski definition) is 2. The van der Waals surface area contributed by atoms with Crippen LogP contribution in [-0.2, 0) is 11.2 Å². The van der Waals surface area contributed by atoms with Crippen LogP contribution >= 0.6 is 27.5 Å². The van der Waals surface area contributed by atoms with Crippen LogP contribution in [0.4, 0.5) is 0 Å². The van der Waals surface area contributed by atoms with Crippen molar-refractivity contribution in [1.82, 2.24) is 4.98 Å². The number of pyridine rings is 1. The number of carboxylic acids is 1. The lowest BCUT2D eigenvalue weighted by Crippen LogP contribution is -2.16. The molecule has 0 aliphatic carbocycles. The van der Waals surface area contributed by atoms with Crippen molar-refractivity contribution >= 4 is 33.5 Å². The normalized spacial score (nSPS) is 12.1. The second-order valence-electron chi connectivity index (χ2n) is 4.06. The monoisotopic (exact) mass is 339 g/mol. The highest BCUT2D eigenvalue weighted by Crippen LogP contribution is 2.28. The van der Waals surface area contributed by atoms with E-state index in [1.54, 1.807) is 18.3 Å². The van der Waals surface area contributed by atoms with Gasteiger partial charge in [0.05, 0.1) is 10.7 Å². The Morgan fingerprint density at radius 1 is 1.32 bits per heavy atom. The molecule has 0 saturated heterocycles. The molecule has 19 heavy (non-hydrogen) atoms. The maximum Gasteiger partial charge on any atom is 0.312 e. The minimum atomic E-state index is -0.934. The first-order valence-electron chi connectivity index (χ1n) is 5.66. The van der Waals surface area contributed by atoms with E-state index in [1.807, 2.05) is 24.3 Å². The van der Waals surface area contributed by atoms with E-state index in [1.165, 1.54) is 0 Å². The lowest BCUT2D eigenvalue weighted by atomic mass is 9.96. The Bertz CT molecular complexity index is 604. The molecule has 2 rings (SSSR count). The van der Waals surface area contributed by atoms with Crippen molar-refractivity contribution in [2.24, 2.45) is 0 Å². The summed E-state index contributed by atoms with van der Waals surface area (Å²) in [6.07, 6.45) is 1.89. The van der Waals surface area contributed by atoms with Gasteiger partial charge in [-0.25, -0.2) is 0 Å². The van der Waals surface area contributed by atoms with Crippen LogP contribution in [0.15, 0.2) is 47.1 Å². The van der Waals surface area contributed by atoms with Crippen LogP contribution in [0, 0.1) is 0 Å². The summed E-state index contributed by atoms with van der Waals surface area (Å²) < 4.78 is 0.883. The van der Waals surface area contributed by atoms with Gasteiger partial charge >= 0.3 is 5.97 Å². The molecule has 1 heterocycles. The predicted octanol–water partition coefficient (Wildman–Crippen LogP) is 3.91. The van der Waals surface area contributed by atoms with Gasteiger partial charge in [0, 0.05) is 10.7 Å². The molecular weight excluding hydrogens is 330 g/mol. The van der Waals surface area contributed by atoms with Gasteiger partial charge in [-0.05, 0) is 30.2 Å². The molecule has 1 aromatic carbocycles. The van der Waals surface area contributed by atoms with Gasteiger partial charge in [0.1, 0.15) is 5.92 Å². The Balaban J connectivity index is 2.35. The second kappa shape index (κ2) is 6.17. The molecule has 5 heteroatoms. The lowest BCUT2D eigenvalue weighted by molar-refractivity contribution is -0.138. The molecule has 1 atom stereocenters. The molecule has 0 radical (unpaired) electrons. The lowest BCUT2D eigenvalue weighted by Gasteiger charge is -2.14. The van der Waals surface area contributed by atoms with E-state index in [2.05, 4.69) is 20.9 Å². The molecule has 0 amide bonds. The third kappa shape index (κ3) is 3.33. The smallest absolute Gasteiger partial charge is 0.312 e. The van der Waals surface area contributed by atoms with E-state index >= 15 is 0 Å². The third-order valence-corrected chi connectivity index (χ3v) is 3.89.